The summed E-state index contributed by atoms with van der Waals surface area (Å²) in [6.45, 7) is 5.89. The van der Waals surface area contributed by atoms with E-state index < -0.39 is 0 Å². The van der Waals surface area contributed by atoms with Gasteiger partial charge in [-0.15, -0.1) is 11.3 Å². The summed E-state index contributed by atoms with van der Waals surface area (Å²) < 4.78 is 5.65. The Morgan fingerprint density at radius 2 is 2.64 bits per heavy atom. The molecule has 1 aliphatic heterocycles. The maximum Gasteiger partial charge on any atom is 0.0897 e. The average molecular weight is 212 g/mol. The molecule has 1 unspecified atom stereocenters. The van der Waals surface area contributed by atoms with E-state index in [0.717, 1.165) is 31.3 Å². The van der Waals surface area contributed by atoms with Gasteiger partial charge in [0.25, 0.3) is 0 Å². The molecule has 1 saturated heterocycles. The van der Waals surface area contributed by atoms with Crippen LogP contribution in [0.2, 0.25) is 0 Å². The second-order valence-electron chi connectivity index (χ2n) is 3.72. The number of aromatic nitrogens is 1. The Bertz CT molecular complexity index is 281. The van der Waals surface area contributed by atoms with Crippen LogP contribution in [0.3, 0.4) is 0 Å². The highest BCUT2D eigenvalue weighted by atomic mass is 32.1. The summed E-state index contributed by atoms with van der Waals surface area (Å²) in [5.41, 5.74) is 0. The monoisotopic (exact) mass is 212 g/mol. The number of thiazole rings is 1. The highest BCUT2D eigenvalue weighted by molar-refractivity contribution is 7.11. The maximum atomic E-state index is 5.65. The van der Waals surface area contributed by atoms with Gasteiger partial charge in [0.15, 0.2) is 0 Å². The molecular weight excluding hydrogens is 196 g/mol. The Morgan fingerprint density at radius 3 is 3.29 bits per heavy atom. The smallest absolute Gasteiger partial charge is 0.0897 e. The fourth-order valence-electron chi connectivity index (χ4n) is 1.65. The summed E-state index contributed by atoms with van der Waals surface area (Å²) in [4.78, 5) is 5.42. The van der Waals surface area contributed by atoms with E-state index in [-0.39, 0.29) is 0 Å². The minimum atomic E-state index is 0.712. The molecule has 0 saturated carbocycles. The van der Waals surface area contributed by atoms with Gasteiger partial charge in [0.05, 0.1) is 23.1 Å². The summed E-state index contributed by atoms with van der Waals surface area (Å²) in [6.07, 6.45) is 3.16. The van der Waals surface area contributed by atoms with Crippen molar-refractivity contribution in [3.63, 3.8) is 0 Å². The van der Waals surface area contributed by atoms with Crippen molar-refractivity contribution in [3.8, 4) is 0 Å². The molecule has 0 spiro atoms. The van der Waals surface area contributed by atoms with E-state index in [2.05, 4.69) is 10.3 Å². The fraction of sp³-hybridized carbons (Fsp3) is 0.700. The molecule has 1 aromatic heterocycles. The second kappa shape index (κ2) is 4.87. The highest BCUT2D eigenvalue weighted by Crippen LogP contribution is 2.14. The second-order valence-corrected chi connectivity index (χ2v) is 5.04. The van der Waals surface area contributed by atoms with Crippen molar-refractivity contribution in [2.45, 2.75) is 20.0 Å². The number of hydrogen-bond acceptors (Lipinski definition) is 4. The van der Waals surface area contributed by atoms with E-state index >= 15 is 0 Å². The third-order valence-corrected chi connectivity index (χ3v) is 3.32. The Kier molecular flexibility index (Phi) is 3.50. The normalized spacial score (nSPS) is 21.6. The van der Waals surface area contributed by atoms with Gasteiger partial charge in [0.1, 0.15) is 0 Å². The van der Waals surface area contributed by atoms with E-state index in [0.29, 0.717) is 5.92 Å². The van der Waals surface area contributed by atoms with Gasteiger partial charge in [-0.3, -0.25) is 0 Å². The Hall–Kier alpha value is -0.450. The molecule has 3 nitrogen and oxygen atoms in total. The van der Waals surface area contributed by atoms with E-state index in [4.69, 9.17) is 4.74 Å². The summed E-state index contributed by atoms with van der Waals surface area (Å²) in [6, 6.07) is 0. The van der Waals surface area contributed by atoms with Crippen LogP contribution < -0.4 is 5.32 Å². The molecule has 2 heterocycles. The zero-order valence-corrected chi connectivity index (χ0v) is 9.27. The predicted molar refractivity (Wildman–Crippen MR) is 57.5 cm³/mol. The third kappa shape index (κ3) is 2.77. The first-order chi connectivity index (χ1) is 6.84. The Balaban J connectivity index is 1.67. The van der Waals surface area contributed by atoms with Gasteiger partial charge in [-0.2, -0.15) is 0 Å². The first-order valence-electron chi connectivity index (χ1n) is 5.04. The van der Waals surface area contributed by atoms with Crippen molar-refractivity contribution in [1.82, 2.24) is 10.3 Å². The Labute approximate surface area is 88.5 Å². The average Bonchev–Trinajstić information content (AvgIpc) is 2.77. The number of nitrogens with zero attached hydrogens (tertiary/aromatic N) is 1. The molecule has 0 radical (unpaired) electrons. The summed E-state index contributed by atoms with van der Waals surface area (Å²) in [5.74, 6) is 0.712. The van der Waals surface area contributed by atoms with Crippen molar-refractivity contribution in [2.75, 3.05) is 19.7 Å². The van der Waals surface area contributed by atoms with Gasteiger partial charge < -0.3 is 10.1 Å². The quantitative estimate of drug-likeness (QED) is 0.822. The van der Waals surface area contributed by atoms with E-state index in [9.17, 15) is 0 Å². The van der Waals surface area contributed by atoms with Crippen LogP contribution in [0.15, 0.2) is 6.20 Å². The van der Waals surface area contributed by atoms with Crippen LogP contribution in [0.5, 0.6) is 0 Å². The fourth-order valence-corrected chi connectivity index (χ4v) is 2.39. The topological polar surface area (TPSA) is 34.1 Å². The molecule has 1 N–H and O–H groups in total. The molecule has 1 fully saturated rings. The van der Waals surface area contributed by atoms with E-state index in [1.54, 1.807) is 11.3 Å². The lowest BCUT2D eigenvalue weighted by Gasteiger charge is -2.07. The standard InChI is InChI=1S/C10H16N2OS/c1-8-12-5-10(14-8)7-13-6-9-2-3-11-4-9/h5,9,11H,2-4,6-7H2,1H3. The van der Waals surface area contributed by atoms with Gasteiger partial charge in [0.2, 0.25) is 0 Å². The van der Waals surface area contributed by atoms with Crippen LogP contribution in [0.4, 0.5) is 0 Å². The predicted octanol–water partition coefficient (Wildman–Crippen LogP) is 1.58. The van der Waals surface area contributed by atoms with Gasteiger partial charge in [-0.05, 0) is 25.8 Å². The minimum Gasteiger partial charge on any atom is -0.376 e. The molecule has 1 aliphatic rings. The first-order valence-corrected chi connectivity index (χ1v) is 5.86. The van der Waals surface area contributed by atoms with Crippen LogP contribution in [-0.4, -0.2) is 24.7 Å². The molecule has 4 heteroatoms. The molecule has 0 aromatic carbocycles. The van der Waals surface area contributed by atoms with Crippen molar-refractivity contribution in [2.24, 2.45) is 5.92 Å². The van der Waals surface area contributed by atoms with Crippen LogP contribution >= 0.6 is 11.3 Å². The van der Waals surface area contributed by atoms with Gasteiger partial charge in [0, 0.05) is 12.7 Å². The molecule has 0 aliphatic carbocycles. The van der Waals surface area contributed by atoms with Crippen LogP contribution in [0, 0.1) is 12.8 Å². The number of ether oxygens (including phenoxy) is 1. The first kappa shape index (κ1) is 10.1. The van der Waals surface area contributed by atoms with Crippen LogP contribution in [-0.2, 0) is 11.3 Å². The van der Waals surface area contributed by atoms with E-state index in [1.165, 1.54) is 11.3 Å². The van der Waals surface area contributed by atoms with Crippen LogP contribution in [0.25, 0.3) is 0 Å². The van der Waals surface area contributed by atoms with Gasteiger partial charge in [-0.1, -0.05) is 0 Å². The number of aryl methyl sites for hydroxylation is 1. The largest absolute Gasteiger partial charge is 0.376 e. The molecule has 14 heavy (non-hydrogen) atoms. The molecule has 0 amide bonds. The summed E-state index contributed by atoms with van der Waals surface area (Å²) in [5, 5.41) is 4.45. The molecule has 78 valence electrons. The number of nitrogens with one attached hydrogen (secondary N) is 1. The van der Waals surface area contributed by atoms with Crippen LogP contribution in [0.1, 0.15) is 16.3 Å². The maximum absolute atomic E-state index is 5.65. The Morgan fingerprint density at radius 1 is 1.71 bits per heavy atom. The van der Waals surface area contributed by atoms with Crippen molar-refractivity contribution in [1.29, 1.82) is 0 Å². The lowest BCUT2D eigenvalue weighted by molar-refractivity contribution is 0.0942. The molecule has 0 bridgehead atoms. The molecular formula is C10H16N2OS. The molecule has 1 atom stereocenters. The van der Waals surface area contributed by atoms with Gasteiger partial charge in [-0.25, -0.2) is 4.98 Å². The third-order valence-electron chi connectivity index (χ3n) is 2.43. The van der Waals surface area contributed by atoms with Crippen molar-refractivity contribution >= 4 is 11.3 Å². The zero-order chi connectivity index (χ0) is 9.80. The number of rotatable bonds is 4. The van der Waals surface area contributed by atoms with Crippen molar-refractivity contribution < 1.29 is 4.74 Å². The molecule has 1 aromatic rings. The SMILES string of the molecule is Cc1ncc(COCC2CCNC2)s1. The zero-order valence-electron chi connectivity index (χ0n) is 8.45. The highest BCUT2D eigenvalue weighted by Gasteiger charge is 2.14. The summed E-state index contributed by atoms with van der Waals surface area (Å²) >= 11 is 1.72. The van der Waals surface area contributed by atoms with Gasteiger partial charge >= 0.3 is 0 Å². The lowest BCUT2D eigenvalue weighted by atomic mass is 10.1. The summed E-state index contributed by atoms with van der Waals surface area (Å²) in [7, 11) is 0. The minimum absolute atomic E-state index is 0.712. The molecule has 2 rings (SSSR count). The number of hydrogen-bond donors (Lipinski definition) is 1. The lowest BCUT2D eigenvalue weighted by Crippen LogP contribution is -2.13. The van der Waals surface area contributed by atoms with E-state index in [1.807, 2.05) is 13.1 Å². The van der Waals surface area contributed by atoms with Crippen molar-refractivity contribution in [3.05, 3.63) is 16.1 Å².